The van der Waals surface area contributed by atoms with E-state index in [1.807, 2.05) is 34.1 Å². The SMILES string of the molecule is O=C(C1CCN(c2ncc(C(F)(F)F)cc2Cl)CC1)N1CCCC1c1nc2ccccc2s1. The zero-order valence-corrected chi connectivity index (χ0v) is 19.3. The van der Waals surface area contributed by atoms with Crippen LogP contribution in [0.4, 0.5) is 19.0 Å². The number of carbonyl (C=O) groups excluding carboxylic acids is 1. The first kappa shape index (κ1) is 22.4. The van der Waals surface area contributed by atoms with Gasteiger partial charge in [0.2, 0.25) is 5.91 Å². The van der Waals surface area contributed by atoms with E-state index in [1.54, 1.807) is 11.3 Å². The smallest absolute Gasteiger partial charge is 0.355 e. The Morgan fingerprint density at radius 3 is 2.58 bits per heavy atom. The van der Waals surface area contributed by atoms with E-state index in [-0.39, 0.29) is 22.9 Å². The topological polar surface area (TPSA) is 49.3 Å². The number of thiazole rings is 1. The van der Waals surface area contributed by atoms with Crippen molar-refractivity contribution in [1.29, 1.82) is 0 Å². The van der Waals surface area contributed by atoms with Crippen molar-refractivity contribution in [1.82, 2.24) is 14.9 Å². The highest BCUT2D eigenvalue weighted by molar-refractivity contribution is 7.18. The second kappa shape index (κ2) is 8.76. The van der Waals surface area contributed by atoms with E-state index in [9.17, 15) is 18.0 Å². The number of halogens is 4. The molecule has 174 valence electrons. The van der Waals surface area contributed by atoms with Gasteiger partial charge in [-0.3, -0.25) is 4.79 Å². The molecule has 5 nitrogen and oxygen atoms in total. The Kier molecular flexibility index (Phi) is 5.95. The number of hydrogen-bond donors (Lipinski definition) is 0. The largest absolute Gasteiger partial charge is 0.417 e. The number of rotatable bonds is 3. The number of nitrogens with zero attached hydrogens (tertiary/aromatic N) is 4. The Morgan fingerprint density at radius 1 is 1.12 bits per heavy atom. The molecule has 0 saturated carbocycles. The van der Waals surface area contributed by atoms with E-state index >= 15 is 0 Å². The third-order valence-electron chi connectivity index (χ3n) is 6.42. The van der Waals surface area contributed by atoms with Crippen LogP contribution in [0.3, 0.4) is 0 Å². The van der Waals surface area contributed by atoms with Gasteiger partial charge in [0.25, 0.3) is 0 Å². The molecule has 2 aromatic heterocycles. The zero-order valence-electron chi connectivity index (χ0n) is 17.7. The molecule has 1 amide bonds. The van der Waals surface area contributed by atoms with Gasteiger partial charge < -0.3 is 9.80 Å². The van der Waals surface area contributed by atoms with Gasteiger partial charge in [-0.25, -0.2) is 9.97 Å². The van der Waals surface area contributed by atoms with Crippen molar-refractivity contribution < 1.29 is 18.0 Å². The van der Waals surface area contributed by atoms with Crippen LogP contribution in [0.25, 0.3) is 10.2 Å². The van der Waals surface area contributed by atoms with Crippen LogP contribution in [0.1, 0.15) is 42.3 Å². The van der Waals surface area contributed by atoms with Crippen molar-refractivity contribution in [3.8, 4) is 0 Å². The quantitative estimate of drug-likeness (QED) is 0.452. The first-order valence-corrected chi connectivity index (χ1v) is 12.1. The average Bonchev–Trinajstić information content (AvgIpc) is 3.45. The molecular weight excluding hydrogens is 473 g/mol. The van der Waals surface area contributed by atoms with Gasteiger partial charge in [0.15, 0.2) is 0 Å². The van der Waals surface area contributed by atoms with Gasteiger partial charge in [0.05, 0.1) is 26.8 Å². The molecule has 0 aliphatic carbocycles. The number of para-hydroxylation sites is 1. The Labute approximate surface area is 198 Å². The zero-order chi connectivity index (χ0) is 23.2. The number of piperidine rings is 1. The maximum absolute atomic E-state index is 13.4. The lowest BCUT2D eigenvalue weighted by molar-refractivity contribution is -0.138. The summed E-state index contributed by atoms with van der Waals surface area (Å²) in [5, 5.41) is 0.963. The van der Waals surface area contributed by atoms with E-state index in [0.717, 1.165) is 46.9 Å². The highest BCUT2D eigenvalue weighted by Crippen LogP contribution is 2.39. The third kappa shape index (κ3) is 4.40. The van der Waals surface area contributed by atoms with Gasteiger partial charge >= 0.3 is 6.18 Å². The fourth-order valence-corrected chi connectivity index (χ4v) is 6.11. The summed E-state index contributed by atoms with van der Waals surface area (Å²) in [7, 11) is 0. The standard InChI is InChI=1S/C23H22ClF3N4OS/c24-16-12-15(23(25,26)27)13-28-20(16)30-10-7-14(8-11-30)22(32)31-9-3-5-18(31)21-29-17-4-1-2-6-19(17)33-21/h1-2,4,6,12-14,18H,3,5,7-11H2. The summed E-state index contributed by atoms with van der Waals surface area (Å²) in [5.41, 5.74) is 0.0993. The molecule has 1 atom stereocenters. The lowest BCUT2D eigenvalue weighted by Gasteiger charge is -2.35. The van der Waals surface area contributed by atoms with Gasteiger partial charge in [-0.1, -0.05) is 23.7 Å². The number of fused-ring (bicyclic) bond motifs is 1. The first-order chi connectivity index (χ1) is 15.8. The fourth-order valence-electron chi connectivity index (χ4n) is 4.71. The monoisotopic (exact) mass is 494 g/mol. The van der Waals surface area contributed by atoms with Crippen LogP contribution in [-0.2, 0) is 11.0 Å². The van der Waals surface area contributed by atoms with E-state index in [0.29, 0.717) is 31.7 Å². The summed E-state index contributed by atoms with van der Waals surface area (Å²) in [6, 6.07) is 8.93. The van der Waals surface area contributed by atoms with Crippen molar-refractivity contribution in [2.75, 3.05) is 24.5 Å². The Morgan fingerprint density at radius 2 is 1.88 bits per heavy atom. The third-order valence-corrected chi connectivity index (χ3v) is 7.84. The van der Waals surface area contributed by atoms with E-state index in [2.05, 4.69) is 4.98 Å². The van der Waals surface area contributed by atoms with E-state index in [4.69, 9.17) is 16.6 Å². The molecule has 0 bridgehead atoms. The maximum atomic E-state index is 13.4. The number of carbonyl (C=O) groups is 1. The minimum absolute atomic E-state index is 0.0129. The molecule has 2 aliphatic heterocycles. The van der Waals surface area contributed by atoms with Crippen LogP contribution < -0.4 is 4.90 Å². The van der Waals surface area contributed by atoms with Crippen molar-refractivity contribution in [3.63, 3.8) is 0 Å². The summed E-state index contributed by atoms with van der Waals surface area (Å²) in [6.07, 6.45) is -0.580. The molecule has 5 rings (SSSR count). The van der Waals surface area contributed by atoms with Gasteiger partial charge in [-0.15, -0.1) is 11.3 Å². The van der Waals surface area contributed by atoms with Gasteiger partial charge in [0.1, 0.15) is 10.8 Å². The molecular formula is C23H22ClF3N4OS. The Hall–Kier alpha value is -2.39. The number of benzene rings is 1. The van der Waals surface area contributed by atoms with Gasteiger partial charge in [0, 0.05) is 31.7 Å². The van der Waals surface area contributed by atoms with Crippen LogP contribution in [-0.4, -0.2) is 40.4 Å². The number of alkyl halides is 3. The van der Waals surface area contributed by atoms with E-state index < -0.39 is 11.7 Å². The van der Waals surface area contributed by atoms with Crippen molar-refractivity contribution in [2.24, 2.45) is 5.92 Å². The highest BCUT2D eigenvalue weighted by atomic mass is 35.5. The summed E-state index contributed by atoms with van der Waals surface area (Å²) >= 11 is 7.75. The Balaban J connectivity index is 1.26. The summed E-state index contributed by atoms with van der Waals surface area (Å²) < 4.78 is 39.8. The number of likely N-dealkylation sites (tertiary alicyclic amines) is 1. The summed E-state index contributed by atoms with van der Waals surface area (Å²) in [6.45, 7) is 1.77. The van der Waals surface area contributed by atoms with E-state index in [1.165, 1.54) is 0 Å². The summed E-state index contributed by atoms with van der Waals surface area (Å²) in [5.74, 6) is 0.358. The van der Waals surface area contributed by atoms with Crippen molar-refractivity contribution in [2.45, 2.75) is 37.9 Å². The van der Waals surface area contributed by atoms with Gasteiger partial charge in [-0.2, -0.15) is 13.2 Å². The van der Waals surface area contributed by atoms with Crippen LogP contribution in [0.15, 0.2) is 36.5 Å². The molecule has 33 heavy (non-hydrogen) atoms. The minimum Gasteiger partial charge on any atom is -0.355 e. The lowest BCUT2D eigenvalue weighted by atomic mass is 9.95. The number of hydrogen-bond acceptors (Lipinski definition) is 5. The second-order valence-corrected chi connectivity index (χ2v) is 9.97. The molecule has 2 saturated heterocycles. The molecule has 1 aromatic carbocycles. The molecule has 0 N–H and O–H groups in total. The number of pyridine rings is 1. The minimum atomic E-state index is -4.48. The highest BCUT2D eigenvalue weighted by Gasteiger charge is 2.37. The van der Waals surface area contributed by atoms with Crippen LogP contribution in [0.5, 0.6) is 0 Å². The number of anilines is 1. The lowest BCUT2D eigenvalue weighted by Crippen LogP contribution is -2.42. The molecule has 3 aromatic rings. The fraction of sp³-hybridized carbons (Fsp3) is 0.435. The predicted molar refractivity (Wildman–Crippen MR) is 122 cm³/mol. The van der Waals surface area contributed by atoms with Crippen molar-refractivity contribution in [3.05, 3.63) is 52.1 Å². The molecule has 1 unspecified atom stereocenters. The van der Waals surface area contributed by atoms with Crippen LogP contribution >= 0.6 is 22.9 Å². The van der Waals surface area contributed by atoms with Crippen LogP contribution in [0.2, 0.25) is 5.02 Å². The molecule has 0 spiro atoms. The van der Waals surface area contributed by atoms with Crippen LogP contribution in [0, 0.1) is 5.92 Å². The first-order valence-electron chi connectivity index (χ1n) is 10.9. The maximum Gasteiger partial charge on any atom is 0.417 e. The molecule has 0 radical (unpaired) electrons. The molecule has 2 fully saturated rings. The normalized spacial score (nSPS) is 20.1. The average molecular weight is 495 g/mol. The molecule has 2 aliphatic rings. The second-order valence-electron chi connectivity index (χ2n) is 8.50. The predicted octanol–water partition coefficient (Wildman–Crippen LogP) is 5.94. The molecule has 4 heterocycles. The van der Waals surface area contributed by atoms with Crippen molar-refractivity contribution >= 4 is 44.9 Å². The number of aromatic nitrogens is 2. The van der Waals surface area contributed by atoms with Gasteiger partial charge in [-0.05, 0) is 43.9 Å². The number of amides is 1. The Bertz CT molecular complexity index is 1140. The summed E-state index contributed by atoms with van der Waals surface area (Å²) in [4.78, 5) is 25.9. The molecule has 10 heteroatoms.